The van der Waals surface area contributed by atoms with Crippen molar-refractivity contribution in [1.82, 2.24) is 10.2 Å². The van der Waals surface area contributed by atoms with Crippen LogP contribution in [0.25, 0.3) is 0 Å². The first-order valence-electron chi connectivity index (χ1n) is 6.55. The van der Waals surface area contributed by atoms with Crippen molar-refractivity contribution >= 4 is 41.3 Å². The van der Waals surface area contributed by atoms with E-state index in [2.05, 4.69) is 11.9 Å². The molecule has 1 N–H and O–H groups in total. The van der Waals surface area contributed by atoms with Crippen molar-refractivity contribution in [1.29, 1.82) is 0 Å². The maximum atomic E-state index is 12.5. The second kappa shape index (κ2) is 8.67. The molecule has 0 spiro atoms. The van der Waals surface area contributed by atoms with Gasteiger partial charge in [0.1, 0.15) is 0 Å². The predicted molar refractivity (Wildman–Crippen MR) is 87.8 cm³/mol. The number of rotatable bonds is 5. The second-order valence-electron chi connectivity index (χ2n) is 4.74. The zero-order chi connectivity index (χ0) is 13.7. The minimum Gasteiger partial charge on any atom is -0.334 e. The number of hydrogen-bond acceptors (Lipinski definition) is 3. The maximum Gasteiger partial charge on any atom is 0.226 e. The first-order chi connectivity index (χ1) is 9.20. The van der Waals surface area contributed by atoms with Gasteiger partial charge in [-0.2, -0.15) is 0 Å². The molecule has 3 nitrogen and oxygen atoms in total. The number of carbonyl (C=O) groups is 1. The molecule has 0 bridgehead atoms. The van der Waals surface area contributed by atoms with E-state index in [4.69, 9.17) is 11.6 Å². The van der Waals surface area contributed by atoms with Crippen molar-refractivity contribution in [2.45, 2.75) is 19.4 Å². The lowest BCUT2D eigenvalue weighted by Gasteiger charge is -2.28. The largest absolute Gasteiger partial charge is 0.334 e. The molecule has 2 heterocycles. The minimum atomic E-state index is 0. The van der Waals surface area contributed by atoms with E-state index in [0.29, 0.717) is 13.1 Å². The molecule has 1 amide bonds. The van der Waals surface area contributed by atoms with Crippen LogP contribution >= 0.6 is 35.3 Å². The first kappa shape index (κ1) is 17.5. The van der Waals surface area contributed by atoms with Crippen LogP contribution in [0.4, 0.5) is 0 Å². The number of halogens is 2. The lowest BCUT2D eigenvalue weighted by molar-refractivity contribution is -0.136. The van der Waals surface area contributed by atoms with Crippen molar-refractivity contribution in [2.24, 2.45) is 5.92 Å². The molecule has 0 radical (unpaired) electrons. The Morgan fingerprint density at radius 2 is 2.20 bits per heavy atom. The van der Waals surface area contributed by atoms with E-state index in [9.17, 15) is 4.79 Å². The van der Waals surface area contributed by atoms with Crippen LogP contribution in [0.3, 0.4) is 0 Å². The van der Waals surface area contributed by atoms with Crippen LogP contribution in [-0.2, 0) is 11.3 Å². The molecule has 0 atom stereocenters. The van der Waals surface area contributed by atoms with Gasteiger partial charge < -0.3 is 10.2 Å². The Morgan fingerprint density at radius 3 is 2.75 bits per heavy atom. The van der Waals surface area contributed by atoms with Crippen LogP contribution in [-0.4, -0.2) is 30.4 Å². The van der Waals surface area contributed by atoms with E-state index in [0.717, 1.165) is 35.1 Å². The van der Waals surface area contributed by atoms with Crippen LogP contribution in [0.2, 0.25) is 4.34 Å². The van der Waals surface area contributed by atoms with Crippen LogP contribution in [0.15, 0.2) is 24.8 Å². The van der Waals surface area contributed by atoms with Crippen LogP contribution in [0, 0.1) is 5.92 Å². The zero-order valence-electron chi connectivity index (χ0n) is 11.3. The Balaban J connectivity index is 0.00000200. The summed E-state index contributed by atoms with van der Waals surface area (Å²) >= 11 is 7.47. The highest BCUT2D eigenvalue weighted by Gasteiger charge is 2.25. The van der Waals surface area contributed by atoms with Gasteiger partial charge in [0, 0.05) is 17.3 Å². The van der Waals surface area contributed by atoms with Gasteiger partial charge in [-0.25, -0.2) is 0 Å². The number of thiophene rings is 1. The van der Waals surface area contributed by atoms with Crippen molar-refractivity contribution < 1.29 is 4.79 Å². The Bertz CT molecular complexity index is 444. The molecule has 0 unspecified atom stereocenters. The van der Waals surface area contributed by atoms with E-state index in [1.165, 1.54) is 11.3 Å². The van der Waals surface area contributed by atoms with Gasteiger partial charge in [-0.05, 0) is 38.1 Å². The van der Waals surface area contributed by atoms with E-state index in [1.807, 2.05) is 17.0 Å². The summed E-state index contributed by atoms with van der Waals surface area (Å²) in [6.07, 6.45) is 3.64. The Labute approximate surface area is 135 Å². The molecule has 20 heavy (non-hydrogen) atoms. The molecule has 112 valence electrons. The Morgan fingerprint density at radius 1 is 1.50 bits per heavy atom. The van der Waals surface area contributed by atoms with E-state index in [-0.39, 0.29) is 24.2 Å². The van der Waals surface area contributed by atoms with Crippen LogP contribution < -0.4 is 5.32 Å². The topological polar surface area (TPSA) is 32.3 Å². The molecule has 1 aromatic heterocycles. The minimum absolute atomic E-state index is 0. The zero-order valence-corrected chi connectivity index (χ0v) is 13.7. The van der Waals surface area contributed by atoms with Crippen molar-refractivity contribution in [3.63, 3.8) is 0 Å². The predicted octanol–water partition coefficient (Wildman–Crippen LogP) is 3.34. The van der Waals surface area contributed by atoms with Gasteiger partial charge in [0.15, 0.2) is 0 Å². The van der Waals surface area contributed by atoms with Gasteiger partial charge in [0.2, 0.25) is 5.91 Å². The number of nitrogens with one attached hydrogen (secondary N) is 1. The summed E-state index contributed by atoms with van der Waals surface area (Å²) in [5, 5.41) is 3.29. The van der Waals surface area contributed by atoms with Gasteiger partial charge in [-0.15, -0.1) is 30.3 Å². The normalized spacial score (nSPS) is 15.4. The van der Waals surface area contributed by atoms with E-state index >= 15 is 0 Å². The summed E-state index contributed by atoms with van der Waals surface area (Å²) < 4.78 is 0.767. The third kappa shape index (κ3) is 4.77. The average molecular weight is 335 g/mol. The molecule has 6 heteroatoms. The highest BCUT2D eigenvalue weighted by molar-refractivity contribution is 7.16. The fourth-order valence-corrected chi connectivity index (χ4v) is 3.44. The molecular formula is C14H20Cl2N2OS. The molecule has 1 saturated heterocycles. The molecule has 1 aliphatic rings. The van der Waals surface area contributed by atoms with Crippen LogP contribution in [0.1, 0.15) is 17.7 Å². The van der Waals surface area contributed by atoms with Gasteiger partial charge in [-0.3, -0.25) is 4.79 Å². The highest BCUT2D eigenvalue weighted by Crippen LogP contribution is 2.24. The summed E-state index contributed by atoms with van der Waals surface area (Å²) in [6.45, 7) is 6.84. The second-order valence-corrected chi connectivity index (χ2v) is 6.54. The van der Waals surface area contributed by atoms with E-state index in [1.54, 1.807) is 6.08 Å². The molecular weight excluding hydrogens is 315 g/mol. The first-order valence-corrected chi connectivity index (χ1v) is 7.74. The van der Waals surface area contributed by atoms with Gasteiger partial charge in [-0.1, -0.05) is 17.7 Å². The summed E-state index contributed by atoms with van der Waals surface area (Å²) in [7, 11) is 0. The molecule has 0 aliphatic carbocycles. The number of piperidine rings is 1. The lowest BCUT2D eigenvalue weighted by Crippen LogP contribution is -2.40. The molecule has 2 rings (SSSR count). The third-order valence-electron chi connectivity index (χ3n) is 3.33. The SMILES string of the molecule is C=CCN(Cc1ccc(Cl)s1)C(=O)C1CCNCC1.Cl. The number of hydrogen-bond donors (Lipinski definition) is 1. The summed E-state index contributed by atoms with van der Waals surface area (Å²) in [6, 6.07) is 3.86. The fourth-order valence-electron chi connectivity index (χ4n) is 2.34. The quantitative estimate of drug-likeness (QED) is 0.837. The third-order valence-corrected chi connectivity index (χ3v) is 4.54. The van der Waals surface area contributed by atoms with Crippen molar-refractivity contribution in [3.05, 3.63) is 34.0 Å². The molecule has 0 saturated carbocycles. The van der Waals surface area contributed by atoms with Crippen molar-refractivity contribution in [2.75, 3.05) is 19.6 Å². The van der Waals surface area contributed by atoms with Gasteiger partial charge in [0.05, 0.1) is 10.9 Å². The smallest absolute Gasteiger partial charge is 0.226 e. The van der Waals surface area contributed by atoms with Crippen molar-refractivity contribution in [3.8, 4) is 0 Å². The lowest BCUT2D eigenvalue weighted by atomic mass is 9.96. The average Bonchev–Trinajstić information content (AvgIpc) is 2.84. The Hall–Kier alpha value is -0.550. The molecule has 1 aliphatic heterocycles. The van der Waals surface area contributed by atoms with Gasteiger partial charge >= 0.3 is 0 Å². The highest BCUT2D eigenvalue weighted by atomic mass is 35.5. The summed E-state index contributed by atoms with van der Waals surface area (Å²) in [4.78, 5) is 15.5. The monoisotopic (exact) mass is 334 g/mol. The maximum absolute atomic E-state index is 12.5. The Kier molecular flexibility index (Phi) is 7.59. The number of nitrogens with zero attached hydrogens (tertiary/aromatic N) is 1. The number of carbonyl (C=O) groups excluding carboxylic acids is 1. The fraction of sp³-hybridized carbons (Fsp3) is 0.500. The molecule has 1 aromatic rings. The van der Waals surface area contributed by atoms with Crippen LogP contribution in [0.5, 0.6) is 0 Å². The summed E-state index contributed by atoms with van der Waals surface area (Å²) in [5.41, 5.74) is 0. The standard InChI is InChI=1S/C14H19ClN2OS.ClH/c1-2-9-17(10-12-3-4-13(15)19-12)14(18)11-5-7-16-8-6-11;/h2-4,11,16H,1,5-10H2;1H. The molecule has 1 fully saturated rings. The van der Waals surface area contributed by atoms with Gasteiger partial charge in [0.25, 0.3) is 0 Å². The molecule has 0 aromatic carbocycles. The van der Waals surface area contributed by atoms with E-state index < -0.39 is 0 Å². The summed E-state index contributed by atoms with van der Waals surface area (Å²) in [5.74, 6) is 0.391. The number of amides is 1.